The van der Waals surface area contributed by atoms with Gasteiger partial charge in [0.05, 0.1) is 23.9 Å². The summed E-state index contributed by atoms with van der Waals surface area (Å²) in [6, 6.07) is 0.169. The standard InChI is InChI=1S/C17H28N4O2S/c1-13-20-16(12-24-13)10-21-5-2-14(3-6-21)9-19-17(22)8-15-11-23-7-4-18-15/h12,14-15,18H,2-11H2,1H3,(H,19,22). The lowest BCUT2D eigenvalue weighted by Gasteiger charge is -2.31. The highest BCUT2D eigenvalue weighted by Crippen LogP contribution is 2.19. The smallest absolute Gasteiger partial charge is 0.221 e. The molecule has 2 saturated heterocycles. The number of amides is 1. The third kappa shape index (κ3) is 5.51. The van der Waals surface area contributed by atoms with Gasteiger partial charge < -0.3 is 15.4 Å². The SMILES string of the molecule is Cc1nc(CN2CCC(CNC(=O)CC3COCCN3)CC2)cs1. The molecule has 3 heterocycles. The van der Waals surface area contributed by atoms with Gasteiger partial charge in [0.25, 0.3) is 0 Å². The number of hydrogen-bond acceptors (Lipinski definition) is 6. The maximum atomic E-state index is 12.0. The van der Waals surface area contributed by atoms with Crippen molar-refractivity contribution in [2.45, 2.75) is 38.8 Å². The van der Waals surface area contributed by atoms with Crippen LogP contribution < -0.4 is 10.6 Å². The van der Waals surface area contributed by atoms with Gasteiger partial charge in [-0.2, -0.15) is 0 Å². The van der Waals surface area contributed by atoms with Gasteiger partial charge in [-0.1, -0.05) is 0 Å². The van der Waals surface area contributed by atoms with Crippen molar-refractivity contribution in [2.75, 3.05) is 39.4 Å². The molecule has 2 fully saturated rings. The highest BCUT2D eigenvalue weighted by Gasteiger charge is 2.21. The number of aromatic nitrogens is 1. The fraction of sp³-hybridized carbons (Fsp3) is 0.765. The Morgan fingerprint density at radius 3 is 3.00 bits per heavy atom. The average Bonchev–Trinajstić information content (AvgIpc) is 3.00. The number of morpholine rings is 1. The molecule has 2 N–H and O–H groups in total. The minimum Gasteiger partial charge on any atom is -0.378 e. The molecule has 1 amide bonds. The number of carbonyl (C=O) groups excluding carboxylic acids is 1. The van der Waals surface area contributed by atoms with Crippen LogP contribution in [0.25, 0.3) is 0 Å². The summed E-state index contributed by atoms with van der Waals surface area (Å²) in [6.07, 6.45) is 2.81. The van der Waals surface area contributed by atoms with Crippen molar-refractivity contribution in [3.63, 3.8) is 0 Å². The first-order chi connectivity index (χ1) is 11.7. The van der Waals surface area contributed by atoms with Crippen molar-refractivity contribution in [3.05, 3.63) is 16.1 Å². The van der Waals surface area contributed by atoms with E-state index in [9.17, 15) is 4.79 Å². The molecule has 0 saturated carbocycles. The van der Waals surface area contributed by atoms with E-state index in [0.29, 0.717) is 18.9 Å². The topological polar surface area (TPSA) is 66.5 Å². The van der Waals surface area contributed by atoms with Crippen LogP contribution in [0.5, 0.6) is 0 Å². The zero-order chi connectivity index (χ0) is 16.8. The van der Waals surface area contributed by atoms with Gasteiger partial charge in [0.1, 0.15) is 0 Å². The average molecular weight is 353 g/mol. The molecule has 134 valence electrons. The highest BCUT2D eigenvalue weighted by atomic mass is 32.1. The summed E-state index contributed by atoms with van der Waals surface area (Å²) in [5.74, 6) is 0.733. The minimum absolute atomic E-state index is 0.137. The van der Waals surface area contributed by atoms with Gasteiger partial charge >= 0.3 is 0 Å². The van der Waals surface area contributed by atoms with Crippen molar-refractivity contribution in [2.24, 2.45) is 5.92 Å². The van der Waals surface area contributed by atoms with Gasteiger partial charge in [-0.15, -0.1) is 11.3 Å². The van der Waals surface area contributed by atoms with Crippen LogP contribution in [0.15, 0.2) is 5.38 Å². The van der Waals surface area contributed by atoms with E-state index in [2.05, 4.69) is 32.8 Å². The van der Waals surface area contributed by atoms with Gasteiger partial charge in [-0.05, 0) is 38.8 Å². The first-order valence-corrected chi connectivity index (χ1v) is 9.78. The molecule has 1 unspecified atom stereocenters. The molecule has 1 aromatic heterocycles. The molecule has 24 heavy (non-hydrogen) atoms. The number of hydrogen-bond donors (Lipinski definition) is 2. The van der Waals surface area contributed by atoms with E-state index in [1.807, 2.05) is 0 Å². The number of nitrogens with zero attached hydrogens (tertiary/aromatic N) is 2. The fourth-order valence-electron chi connectivity index (χ4n) is 3.36. The van der Waals surface area contributed by atoms with E-state index in [-0.39, 0.29) is 11.9 Å². The molecule has 1 aromatic rings. The van der Waals surface area contributed by atoms with Gasteiger partial charge in [-0.3, -0.25) is 9.69 Å². The van der Waals surface area contributed by atoms with Crippen molar-refractivity contribution < 1.29 is 9.53 Å². The Balaban J connectivity index is 1.31. The fourth-order valence-corrected chi connectivity index (χ4v) is 3.97. The second-order valence-electron chi connectivity index (χ2n) is 6.81. The van der Waals surface area contributed by atoms with E-state index < -0.39 is 0 Å². The Morgan fingerprint density at radius 2 is 2.33 bits per heavy atom. The lowest BCUT2D eigenvalue weighted by Crippen LogP contribution is -2.45. The summed E-state index contributed by atoms with van der Waals surface area (Å²) in [7, 11) is 0. The lowest BCUT2D eigenvalue weighted by molar-refractivity contribution is -0.122. The molecule has 0 aliphatic carbocycles. The molecular formula is C17H28N4O2S. The minimum atomic E-state index is 0.137. The van der Waals surface area contributed by atoms with Crippen LogP contribution >= 0.6 is 11.3 Å². The number of rotatable bonds is 6. The van der Waals surface area contributed by atoms with E-state index >= 15 is 0 Å². The van der Waals surface area contributed by atoms with Gasteiger partial charge in [0, 0.05) is 37.5 Å². The number of carbonyl (C=O) groups is 1. The van der Waals surface area contributed by atoms with E-state index in [4.69, 9.17) is 4.74 Å². The largest absolute Gasteiger partial charge is 0.378 e. The van der Waals surface area contributed by atoms with Crippen LogP contribution in [0.4, 0.5) is 0 Å². The van der Waals surface area contributed by atoms with Crippen molar-refractivity contribution >= 4 is 17.2 Å². The molecule has 0 bridgehead atoms. The summed E-state index contributed by atoms with van der Waals surface area (Å²) >= 11 is 1.72. The Bertz CT molecular complexity index is 522. The summed E-state index contributed by atoms with van der Waals surface area (Å²) in [6.45, 7) is 8.23. The summed E-state index contributed by atoms with van der Waals surface area (Å²) in [5.41, 5.74) is 1.19. The highest BCUT2D eigenvalue weighted by molar-refractivity contribution is 7.09. The Morgan fingerprint density at radius 1 is 1.50 bits per heavy atom. The normalized spacial score (nSPS) is 23.3. The van der Waals surface area contributed by atoms with Crippen LogP contribution in [0.3, 0.4) is 0 Å². The summed E-state index contributed by atoms with van der Waals surface area (Å²) in [4.78, 5) is 19.0. The third-order valence-corrected chi connectivity index (χ3v) is 5.60. The first-order valence-electron chi connectivity index (χ1n) is 8.90. The molecular weight excluding hydrogens is 324 g/mol. The molecule has 7 heteroatoms. The van der Waals surface area contributed by atoms with Gasteiger partial charge in [-0.25, -0.2) is 4.98 Å². The molecule has 3 rings (SSSR count). The van der Waals surface area contributed by atoms with Crippen molar-refractivity contribution in [1.82, 2.24) is 20.5 Å². The zero-order valence-corrected chi connectivity index (χ0v) is 15.2. The van der Waals surface area contributed by atoms with Crippen LogP contribution in [0.1, 0.15) is 30.0 Å². The Kier molecular flexibility index (Phi) is 6.59. The number of thiazole rings is 1. The predicted molar refractivity (Wildman–Crippen MR) is 95.1 cm³/mol. The third-order valence-electron chi connectivity index (χ3n) is 4.78. The Labute approximate surface area is 148 Å². The second kappa shape index (κ2) is 8.89. The number of nitrogens with one attached hydrogen (secondary N) is 2. The molecule has 0 spiro atoms. The number of ether oxygens (including phenoxy) is 1. The van der Waals surface area contributed by atoms with Crippen LogP contribution in [0, 0.1) is 12.8 Å². The predicted octanol–water partition coefficient (Wildman–Crippen LogP) is 1.16. The number of aryl methyl sites for hydroxylation is 1. The van der Waals surface area contributed by atoms with Crippen LogP contribution in [0.2, 0.25) is 0 Å². The quantitative estimate of drug-likeness (QED) is 0.804. The molecule has 0 aromatic carbocycles. The number of likely N-dealkylation sites (tertiary alicyclic amines) is 1. The van der Waals surface area contributed by atoms with Crippen molar-refractivity contribution in [3.8, 4) is 0 Å². The van der Waals surface area contributed by atoms with Gasteiger partial charge in [0.2, 0.25) is 5.91 Å². The lowest BCUT2D eigenvalue weighted by atomic mass is 9.96. The summed E-state index contributed by atoms with van der Waals surface area (Å²) < 4.78 is 5.39. The number of piperidine rings is 1. The molecule has 2 aliphatic rings. The van der Waals surface area contributed by atoms with Crippen LogP contribution in [-0.4, -0.2) is 61.2 Å². The Hall–Kier alpha value is -1.02. The molecule has 1 atom stereocenters. The zero-order valence-electron chi connectivity index (χ0n) is 14.4. The maximum Gasteiger partial charge on any atom is 0.221 e. The molecule has 0 radical (unpaired) electrons. The van der Waals surface area contributed by atoms with Crippen LogP contribution in [-0.2, 0) is 16.1 Å². The van der Waals surface area contributed by atoms with Crippen molar-refractivity contribution in [1.29, 1.82) is 0 Å². The monoisotopic (exact) mass is 352 g/mol. The van der Waals surface area contributed by atoms with E-state index in [0.717, 1.165) is 57.2 Å². The second-order valence-corrected chi connectivity index (χ2v) is 7.87. The molecule has 6 nitrogen and oxygen atoms in total. The molecule has 2 aliphatic heterocycles. The van der Waals surface area contributed by atoms with E-state index in [1.54, 1.807) is 11.3 Å². The summed E-state index contributed by atoms with van der Waals surface area (Å²) in [5, 5.41) is 9.72. The van der Waals surface area contributed by atoms with Gasteiger partial charge in [0.15, 0.2) is 0 Å². The van der Waals surface area contributed by atoms with E-state index in [1.165, 1.54) is 5.69 Å². The first kappa shape index (κ1) is 17.8. The maximum absolute atomic E-state index is 12.0.